The fourth-order valence-corrected chi connectivity index (χ4v) is 11.0. The molecule has 5 aromatic carbocycles. The highest BCUT2D eigenvalue weighted by molar-refractivity contribution is 5.99. The number of hydrogen-bond acceptors (Lipinski definition) is 12. The first-order valence-electron chi connectivity index (χ1n) is 28.5. The Morgan fingerprint density at radius 2 is 1.18 bits per heavy atom. The molecule has 3 aliphatic heterocycles. The van der Waals surface area contributed by atoms with Crippen LogP contribution in [0.3, 0.4) is 0 Å². The number of amides is 7. The largest absolute Gasteiger partial charge is 0.497 e. The van der Waals surface area contributed by atoms with Gasteiger partial charge in [0.2, 0.25) is 35.4 Å². The van der Waals surface area contributed by atoms with Crippen molar-refractivity contribution in [3.05, 3.63) is 167 Å². The maximum atomic E-state index is 15.5. The molecule has 1 unspecified atom stereocenters. The van der Waals surface area contributed by atoms with Crippen molar-refractivity contribution < 1.29 is 47.8 Å². The highest BCUT2D eigenvalue weighted by atomic mass is 16.6. The van der Waals surface area contributed by atoms with Crippen LogP contribution in [0.4, 0.5) is 4.79 Å². The van der Waals surface area contributed by atoms with E-state index in [1.54, 1.807) is 54.7 Å². The van der Waals surface area contributed by atoms with Crippen molar-refractivity contribution in [1.82, 2.24) is 47.1 Å². The standard InChI is InChI=1S/C63H74N10O10/c1-81-46-21-16-42(17-22-46)34-55-62(79)73-38-48(83-63(80)66-31-28-64)36-56(73)61(78)68-51(25-20-40-10-4-2-5-11-40)57(74)71-54(35-45-37-67-50-15-9-8-14-49(45)50)60(77)70-53(33-43-26-29-65-30-27-43)58(75)69-52(59(76)72-55)32-41-18-23-47(24-19-41)82-39-44-12-6-3-7-13-44/h2-19,21-24,37,43,48,51-56,65,67H,20,25-36,38-39,64H2,1H3,(H,66,80)(H,68,78)(H,69,75)(H,70,77)(H,71,74)(H,72,76)/t48-,51-,52+,53?,54-,55+,56+/m1/s1. The lowest BCUT2D eigenvalue weighted by Crippen LogP contribution is -2.62. The Morgan fingerprint density at radius 1 is 0.614 bits per heavy atom. The first-order valence-corrected chi connectivity index (χ1v) is 28.5. The number of alkyl carbamates (subject to hydrolysis) is 1. The topological polar surface area (TPSA) is 276 Å². The number of para-hydroxylation sites is 1. The number of ether oxygens (including phenoxy) is 3. The van der Waals surface area contributed by atoms with Crippen LogP contribution in [-0.4, -0.2) is 134 Å². The molecule has 0 radical (unpaired) electrons. The lowest BCUT2D eigenvalue weighted by atomic mass is 9.90. The van der Waals surface area contributed by atoms with Crippen LogP contribution in [0.25, 0.3) is 10.9 Å². The lowest BCUT2D eigenvalue weighted by Gasteiger charge is -2.32. The Balaban J connectivity index is 1.11. The van der Waals surface area contributed by atoms with E-state index in [4.69, 9.17) is 19.9 Å². The summed E-state index contributed by atoms with van der Waals surface area (Å²) in [5, 5.41) is 21.7. The molecule has 0 bridgehead atoms. The third kappa shape index (κ3) is 16.3. The van der Waals surface area contributed by atoms with E-state index >= 15 is 28.8 Å². The molecule has 1 aromatic heterocycles. The number of aromatic nitrogens is 1. The van der Waals surface area contributed by atoms with Crippen molar-refractivity contribution in [2.24, 2.45) is 11.7 Å². The number of fused-ring (bicyclic) bond motifs is 2. The summed E-state index contributed by atoms with van der Waals surface area (Å²) in [4.78, 5) is 109. The summed E-state index contributed by atoms with van der Waals surface area (Å²) in [6.07, 6.45) is 1.71. The van der Waals surface area contributed by atoms with Crippen molar-refractivity contribution in [2.75, 3.05) is 39.8 Å². The third-order valence-electron chi connectivity index (χ3n) is 15.6. The van der Waals surface area contributed by atoms with Crippen molar-refractivity contribution in [2.45, 2.75) is 107 Å². The Morgan fingerprint density at radius 3 is 1.86 bits per heavy atom. The summed E-state index contributed by atoms with van der Waals surface area (Å²) in [5.41, 5.74) is 10.3. The molecule has 3 saturated heterocycles. The van der Waals surface area contributed by atoms with Crippen LogP contribution < -0.4 is 52.4 Å². The smallest absolute Gasteiger partial charge is 0.407 e. The van der Waals surface area contributed by atoms with Gasteiger partial charge in [0, 0.05) is 55.9 Å². The van der Waals surface area contributed by atoms with E-state index in [9.17, 15) is 4.79 Å². The van der Waals surface area contributed by atoms with Gasteiger partial charge in [-0.15, -0.1) is 0 Å². The van der Waals surface area contributed by atoms with E-state index in [-0.39, 0.29) is 64.1 Å². The number of carbonyl (C=O) groups excluding carboxylic acids is 7. The number of H-pyrrole nitrogens is 1. The van der Waals surface area contributed by atoms with Crippen LogP contribution in [0.5, 0.6) is 11.5 Å². The quantitative estimate of drug-likeness (QED) is 0.0593. The van der Waals surface area contributed by atoms with Gasteiger partial charge in [-0.25, -0.2) is 4.79 Å². The molecule has 3 fully saturated rings. The zero-order chi connectivity index (χ0) is 58.1. The Hall–Kier alpha value is -8.75. The predicted octanol–water partition coefficient (Wildman–Crippen LogP) is 3.90. The van der Waals surface area contributed by atoms with Gasteiger partial charge in [-0.3, -0.25) is 28.8 Å². The summed E-state index contributed by atoms with van der Waals surface area (Å²) in [5.74, 6) is -2.98. The van der Waals surface area contributed by atoms with Gasteiger partial charge < -0.3 is 67.0 Å². The summed E-state index contributed by atoms with van der Waals surface area (Å²) < 4.78 is 17.3. The van der Waals surface area contributed by atoms with E-state index < -0.39 is 83.9 Å². The number of methoxy groups -OCH3 is 1. The molecule has 3 aliphatic rings. The van der Waals surface area contributed by atoms with E-state index in [2.05, 4.69) is 42.2 Å². The fourth-order valence-electron chi connectivity index (χ4n) is 11.0. The number of nitrogens with two attached hydrogens (primary N) is 1. The maximum Gasteiger partial charge on any atom is 0.407 e. The van der Waals surface area contributed by atoms with Crippen LogP contribution in [0.2, 0.25) is 0 Å². The van der Waals surface area contributed by atoms with Crippen LogP contribution in [0.15, 0.2) is 140 Å². The zero-order valence-corrected chi connectivity index (χ0v) is 46.6. The number of nitrogens with one attached hydrogen (secondary N) is 8. The van der Waals surface area contributed by atoms with Crippen LogP contribution >= 0.6 is 0 Å². The summed E-state index contributed by atoms with van der Waals surface area (Å²) >= 11 is 0. The van der Waals surface area contributed by atoms with E-state index in [1.807, 2.05) is 84.9 Å². The van der Waals surface area contributed by atoms with Gasteiger partial charge >= 0.3 is 6.09 Å². The van der Waals surface area contributed by atoms with Gasteiger partial charge in [0.15, 0.2) is 0 Å². The average Bonchev–Trinajstić information content (AvgIpc) is 4.38. The Bertz CT molecular complexity index is 3160. The molecular formula is C63H74N10O10. The number of rotatable bonds is 18. The van der Waals surface area contributed by atoms with Gasteiger partial charge in [-0.2, -0.15) is 0 Å². The molecule has 0 spiro atoms. The Labute approximate surface area is 482 Å². The molecule has 83 heavy (non-hydrogen) atoms. The second-order valence-corrected chi connectivity index (χ2v) is 21.5. The number of benzene rings is 5. The molecule has 7 atom stereocenters. The van der Waals surface area contributed by atoms with Crippen LogP contribution in [0.1, 0.15) is 59.9 Å². The number of piperidine rings is 1. The molecule has 4 heterocycles. The number of nitrogens with zero attached hydrogens (tertiary/aromatic N) is 1. The molecule has 0 aliphatic carbocycles. The second kappa shape index (κ2) is 28.8. The molecule has 20 heteroatoms. The SMILES string of the molecule is COc1ccc(C[C@@H]2NC(=O)[C@H](Cc3ccc(OCc4ccccc4)cc3)NC(=O)C(CC3CCNCC3)NC(=O)[C@@H](Cc3c[nH]c4ccccc34)NC(=O)[C@@H](CCc3ccccc3)NC(=O)[C@@H]3C[C@@H](OC(=O)NCCN)CN3C2=O)cc1. The van der Waals surface area contributed by atoms with E-state index in [0.717, 1.165) is 34.9 Å². The second-order valence-electron chi connectivity index (χ2n) is 21.5. The number of hydrogen-bond donors (Lipinski definition) is 9. The van der Waals surface area contributed by atoms with Crippen molar-refractivity contribution >= 4 is 52.4 Å². The van der Waals surface area contributed by atoms with E-state index in [0.29, 0.717) is 54.3 Å². The molecule has 7 amide bonds. The van der Waals surface area contributed by atoms with Crippen LogP contribution in [0, 0.1) is 5.92 Å². The van der Waals surface area contributed by atoms with Crippen LogP contribution in [-0.2, 0) is 65.8 Å². The predicted molar refractivity (Wildman–Crippen MR) is 312 cm³/mol. The molecule has 20 nitrogen and oxygen atoms in total. The molecule has 6 aromatic rings. The number of aryl methyl sites for hydroxylation is 1. The third-order valence-corrected chi connectivity index (χ3v) is 15.6. The first-order chi connectivity index (χ1) is 40.4. The maximum absolute atomic E-state index is 15.5. The van der Waals surface area contributed by atoms with Gasteiger partial charge in [-0.1, -0.05) is 103 Å². The highest BCUT2D eigenvalue weighted by Crippen LogP contribution is 2.26. The summed E-state index contributed by atoms with van der Waals surface area (Å²) in [7, 11) is 1.53. The molecule has 10 N–H and O–H groups in total. The molecule has 436 valence electrons. The highest BCUT2D eigenvalue weighted by Gasteiger charge is 2.45. The summed E-state index contributed by atoms with van der Waals surface area (Å²) in [6, 6.07) is 33.0. The van der Waals surface area contributed by atoms with Crippen molar-refractivity contribution in [3.63, 3.8) is 0 Å². The van der Waals surface area contributed by atoms with Gasteiger partial charge in [0.25, 0.3) is 0 Å². The van der Waals surface area contributed by atoms with Gasteiger partial charge in [-0.05, 0) is 109 Å². The number of carbonyl (C=O) groups is 7. The minimum atomic E-state index is -1.37. The Kier molecular flexibility index (Phi) is 20.4. The molecule has 9 rings (SSSR count). The van der Waals surface area contributed by atoms with Crippen molar-refractivity contribution in [3.8, 4) is 11.5 Å². The monoisotopic (exact) mass is 1130 g/mol. The normalized spacial score (nSPS) is 22.2. The minimum absolute atomic E-state index is 0.000416. The summed E-state index contributed by atoms with van der Waals surface area (Å²) in [6.45, 7) is 1.71. The average molecular weight is 1130 g/mol. The zero-order valence-electron chi connectivity index (χ0n) is 46.6. The number of aromatic amines is 1. The van der Waals surface area contributed by atoms with Crippen molar-refractivity contribution in [1.29, 1.82) is 0 Å². The lowest BCUT2D eigenvalue weighted by molar-refractivity contribution is -0.143. The van der Waals surface area contributed by atoms with Gasteiger partial charge in [0.05, 0.1) is 13.7 Å². The van der Waals surface area contributed by atoms with Gasteiger partial charge in [0.1, 0.15) is 60.5 Å². The molecule has 0 saturated carbocycles. The minimum Gasteiger partial charge on any atom is -0.497 e. The first kappa shape index (κ1) is 58.9. The van der Waals surface area contributed by atoms with E-state index in [1.165, 1.54) is 12.0 Å². The fraction of sp³-hybridized carbons (Fsp3) is 0.381. The molecular weight excluding hydrogens is 1060 g/mol.